The van der Waals surface area contributed by atoms with Gasteiger partial charge in [0.1, 0.15) is 0 Å². The second-order valence-corrected chi connectivity index (χ2v) is 2.78. The Labute approximate surface area is 80.0 Å². The summed E-state index contributed by atoms with van der Waals surface area (Å²) in [5.74, 6) is 0.0583. The summed E-state index contributed by atoms with van der Waals surface area (Å²) in [5, 5.41) is 8.50. The molecule has 0 saturated carbocycles. The van der Waals surface area contributed by atoms with Crippen LogP contribution in [0.15, 0.2) is 12.2 Å². The summed E-state index contributed by atoms with van der Waals surface area (Å²) in [6.45, 7) is 5.61. The van der Waals surface area contributed by atoms with Crippen molar-refractivity contribution in [1.82, 2.24) is 4.90 Å². The summed E-state index contributed by atoms with van der Waals surface area (Å²) in [4.78, 5) is 13.1. The number of nitrogens with zero attached hydrogens (tertiary/aromatic N) is 1. The Balaban J connectivity index is 3.76. The van der Waals surface area contributed by atoms with Crippen LogP contribution in [-0.4, -0.2) is 35.6 Å². The molecule has 0 fully saturated rings. The fourth-order valence-corrected chi connectivity index (χ4v) is 1.03. The maximum atomic E-state index is 11.3. The first-order valence-electron chi connectivity index (χ1n) is 4.82. The van der Waals surface area contributed by atoms with E-state index >= 15 is 0 Å². The van der Waals surface area contributed by atoms with Gasteiger partial charge in [-0.3, -0.25) is 4.79 Å². The van der Waals surface area contributed by atoms with Crippen LogP contribution in [0.1, 0.15) is 26.7 Å². The number of rotatable bonds is 6. The van der Waals surface area contributed by atoms with Gasteiger partial charge in [0, 0.05) is 19.7 Å². The van der Waals surface area contributed by atoms with Gasteiger partial charge in [0.05, 0.1) is 0 Å². The van der Waals surface area contributed by atoms with Crippen LogP contribution in [-0.2, 0) is 4.79 Å². The van der Waals surface area contributed by atoms with Gasteiger partial charge in [0.2, 0.25) is 5.91 Å². The molecule has 0 aliphatic carbocycles. The predicted molar refractivity (Wildman–Crippen MR) is 53.4 cm³/mol. The maximum Gasteiger partial charge on any atom is 0.246 e. The number of amides is 1. The molecule has 0 spiro atoms. The van der Waals surface area contributed by atoms with Gasteiger partial charge in [-0.2, -0.15) is 0 Å². The highest BCUT2D eigenvalue weighted by Gasteiger charge is 2.03. The molecule has 3 nitrogen and oxygen atoms in total. The number of aliphatic hydroxyl groups excluding tert-OH is 1. The molecule has 1 amide bonds. The molecule has 0 heterocycles. The maximum absolute atomic E-state index is 11.3. The van der Waals surface area contributed by atoms with Crippen molar-refractivity contribution in [2.24, 2.45) is 0 Å². The molecule has 0 rings (SSSR count). The Morgan fingerprint density at radius 3 is 2.46 bits per heavy atom. The normalized spacial score (nSPS) is 10.7. The van der Waals surface area contributed by atoms with Gasteiger partial charge >= 0.3 is 0 Å². The number of aliphatic hydroxyl groups is 1. The van der Waals surface area contributed by atoms with Crippen LogP contribution in [0.2, 0.25) is 0 Å². The van der Waals surface area contributed by atoms with Gasteiger partial charge in [-0.25, -0.2) is 0 Å². The summed E-state index contributed by atoms with van der Waals surface area (Å²) < 4.78 is 0. The highest BCUT2D eigenvalue weighted by atomic mass is 16.2. The van der Waals surface area contributed by atoms with E-state index in [1.165, 1.54) is 0 Å². The molecular formula is C10H19NO2. The lowest BCUT2D eigenvalue weighted by Crippen LogP contribution is -2.28. The lowest BCUT2D eigenvalue weighted by atomic mass is 10.3. The Kier molecular flexibility index (Phi) is 7.30. The van der Waals surface area contributed by atoms with E-state index in [1.54, 1.807) is 11.0 Å². The van der Waals surface area contributed by atoms with Crippen molar-refractivity contribution in [2.75, 3.05) is 19.7 Å². The molecule has 0 atom stereocenters. The fraction of sp³-hybridized carbons (Fsp3) is 0.700. The van der Waals surface area contributed by atoms with Crippen LogP contribution in [0.4, 0.5) is 0 Å². The standard InChI is InChI=1S/C10H19NO2/c1-3-11(4-2)10(13)8-6-5-7-9-12/h6,8,12H,3-5,7,9H2,1-2H3/b8-6+. The van der Waals surface area contributed by atoms with Crippen molar-refractivity contribution >= 4 is 5.91 Å². The van der Waals surface area contributed by atoms with Crippen molar-refractivity contribution in [3.8, 4) is 0 Å². The molecule has 0 radical (unpaired) electrons. The largest absolute Gasteiger partial charge is 0.396 e. The van der Waals surface area contributed by atoms with Gasteiger partial charge in [-0.05, 0) is 32.8 Å². The van der Waals surface area contributed by atoms with E-state index in [0.29, 0.717) is 0 Å². The summed E-state index contributed by atoms with van der Waals surface area (Å²) >= 11 is 0. The summed E-state index contributed by atoms with van der Waals surface area (Å²) in [5.41, 5.74) is 0. The number of carbonyl (C=O) groups excluding carboxylic acids is 1. The molecular weight excluding hydrogens is 166 g/mol. The molecule has 0 aromatic rings. The Bertz CT molecular complexity index is 162. The van der Waals surface area contributed by atoms with Crippen LogP contribution in [0, 0.1) is 0 Å². The van der Waals surface area contributed by atoms with E-state index in [2.05, 4.69) is 0 Å². The van der Waals surface area contributed by atoms with Gasteiger partial charge in [0.25, 0.3) is 0 Å². The minimum absolute atomic E-state index is 0.0583. The van der Waals surface area contributed by atoms with Gasteiger partial charge in [0.15, 0.2) is 0 Å². The van der Waals surface area contributed by atoms with Gasteiger partial charge in [-0.1, -0.05) is 6.08 Å². The number of unbranched alkanes of at least 4 members (excludes halogenated alkanes) is 1. The number of hydrogen-bond acceptors (Lipinski definition) is 2. The average Bonchev–Trinajstić information content (AvgIpc) is 2.14. The van der Waals surface area contributed by atoms with Crippen molar-refractivity contribution in [2.45, 2.75) is 26.7 Å². The van der Waals surface area contributed by atoms with Crippen LogP contribution < -0.4 is 0 Å². The van der Waals surface area contributed by atoms with Gasteiger partial charge in [-0.15, -0.1) is 0 Å². The number of hydrogen-bond donors (Lipinski definition) is 1. The van der Waals surface area contributed by atoms with Crippen LogP contribution in [0.25, 0.3) is 0 Å². The zero-order chi connectivity index (χ0) is 10.1. The SMILES string of the molecule is CCN(CC)C(=O)/C=C/CCCO. The van der Waals surface area contributed by atoms with E-state index in [0.717, 1.165) is 25.9 Å². The first-order chi connectivity index (χ1) is 6.26. The third kappa shape index (κ3) is 5.42. The molecule has 0 aromatic carbocycles. The number of likely N-dealkylation sites (N-methyl/N-ethyl adjacent to an activating group) is 1. The summed E-state index contributed by atoms with van der Waals surface area (Å²) in [6.07, 6.45) is 4.89. The topological polar surface area (TPSA) is 40.5 Å². The fourth-order valence-electron chi connectivity index (χ4n) is 1.03. The molecule has 0 bridgehead atoms. The highest BCUT2D eigenvalue weighted by Crippen LogP contribution is 1.94. The Hall–Kier alpha value is -0.830. The molecule has 0 saturated heterocycles. The lowest BCUT2D eigenvalue weighted by Gasteiger charge is -2.15. The molecule has 13 heavy (non-hydrogen) atoms. The molecule has 76 valence electrons. The number of carbonyl (C=O) groups is 1. The van der Waals surface area contributed by atoms with Gasteiger partial charge < -0.3 is 10.0 Å². The monoisotopic (exact) mass is 185 g/mol. The third-order valence-electron chi connectivity index (χ3n) is 1.86. The molecule has 0 unspecified atom stereocenters. The zero-order valence-electron chi connectivity index (χ0n) is 8.49. The second-order valence-electron chi connectivity index (χ2n) is 2.78. The van der Waals surface area contributed by atoms with Crippen molar-refractivity contribution in [3.05, 3.63) is 12.2 Å². The first kappa shape index (κ1) is 12.2. The summed E-state index contributed by atoms with van der Waals surface area (Å²) in [7, 11) is 0. The predicted octanol–water partition coefficient (Wildman–Crippen LogP) is 1.18. The third-order valence-corrected chi connectivity index (χ3v) is 1.86. The van der Waals surface area contributed by atoms with E-state index in [-0.39, 0.29) is 12.5 Å². The highest BCUT2D eigenvalue weighted by molar-refractivity contribution is 5.87. The van der Waals surface area contributed by atoms with Crippen molar-refractivity contribution in [3.63, 3.8) is 0 Å². The molecule has 1 N–H and O–H groups in total. The lowest BCUT2D eigenvalue weighted by molar-refractivity contribution is -0.125. The minimum Gasteiger partial charge on any atom is -0.396 e. The van der Waals surface area contributed by atoms with Crippen LogP contribution in [0.5, 0.6) is 0 Å². The van der Waals surface area contributed by atoms with Crippen molar-refractivity contribution in [1.29, 1.82) is 0 Å². The second kappa shape index (κ2) is 7.80. The average molecular weight is 185 g/mol. The summed E-state index contributed by atoms with van der Waals surface area (Å²) in [6, 6.07) is 0. The quantitative estimate of drug-likeness (QED) is 0.498. The molecule has 0 aliphatic heterocycles. The molecule has 3 heteroatoms. The zero-order valence-corrected chi connectivity index (χ0v) is 8.49. The van der Waals surface area contributed by atoms with Crippen LogP contribution >= 0.6 is 0 Å². The number of allylic oxidation sites excluding steroid dienone is 1. The molecule has 0 aliphatic rings. The first-order valence-corrected chi connectivity index (χ1v) is 4.82. The van der Waals surface area contributed by atoms with Crippen molar-refractivity contribution < 1.29 is 9.90 Å². The Morgan fingerprint density at radius 1 is 1.38 bits per heavy atom. The molecule has 0 aromatic heterocycles. The van der Waals surface area contributed by atoms with E-state index < -0.39 is 0 Å². The Morgan fingerprint density at radius 2 is 2.00 bits per heavy atom. The van der Waals surface area contributed by atoms with E-state index in [4.69, 9.17) is 5.11 Å². The smallest absolute Gasteiger partial charge is 0.246 e. The van der Waals surface area contributed by atoms with E-state index in [9.17, 15) is 4.79 Å². The van der Waals surface area contributed by atoms with Crippen LogP contribution in [0.3, 0.4) is 0 Å². The van der Waals surface area contributed by atoms with E-state index in [1.807, 2.05) is 19.9 Å². The minimum atomic E-state index is 0.0583.